The summed E-state index contributed by atoms with van der Waals surface area (Å²) in [6.45, 7) is 1.43. The summed E-state index contributed by atoms with van der Waals surface area (Å²) < 4.78 is 16.5. The van der Waals surface area contributed by atoms with Gasteiger partial charge in [-0.15, -0.1) is 0 Å². The monoisotopic (exact) mass is 338 g/mol. The highest BCUT2D eigenvalue weighted by Gasteiger charge is 2.15. The molecule has 6 nitrogen and oxygen atoms in total. The lowest BCUT2D eigenvalue weighted by Gasteiger charge is -2.21. The van der Waals surface area contributed by atoms with Crippen molar-refractivity contribution in [1.82, 2.24) is 4.90 Å². The zero-order valence-corrected chi connectivity index (χ0v) is 13.9. The van der Waals surface area contributed by atoms with Crippen molar-refractivity contribution in [3.63, 3.8) is 0 Å². The summed E-state index contributed by atoms with van der Waals surface area (Å²) in [5.41, 5.74) is 1.45. The minimum atomic E-state index is -0.155. The topological polar surface area (TPSA) is 71.8 Å². The number of nitrogens with zero attached hydrogens (tertiary/aromatic N) is 2. The molecule has 1 amide bonds. The number of hydrogen-bond acceptors (Lipinski definition) is 5. The third kappa shape index (κ3) is 4.21. The Bertz CT molecular complexity index is 813. The predicted octanol–water partition coefficient (Wildman–Crippen LogP) is 2.37. The maximum atomic E-state index is 12.2. The number of carbonyl (C=O) groups excluding carboxylic acids is 1. The molecular formula is C19H18N2O4. The van der Waals surface area contributed by atoms with Gasteiger partial charge in [0.15, 0.2) is 18.1 Å². The summed E-state index contributed by atoms with van der Waals surface area (Å²) in [5.74, 6) is 1.77. The highest BCUT2D eigenvalue weighted by atomic mass is 16.6. The fourth-order valence-corrected chi connectivity index (χ4v) is 2.46. The van der Waals surface area contributed by atoms with Gasteiger partial charge in [-0.2, -0.15) is 5.26 Å². The maximum absolute atomic E-state index is 12.2. The molecular weight excluding hydrogens is 320 g/mol. The molecule has 0 radical (unpaired) electrons. The Balaban J connectivity index is 1.56. The van der Waals surface area contributed by atoms with Gasteiger partial charge in [-0.1, -0.05) is 12.1 Å². The van der Waals surface area contributed by atoms with Crippen LogP contribution in [0.2, 0.25) is 0 Å². The SMILES string of the molecule is CN(Cc1ccc2c(c1)OCCO2)C(=O)COc1cccc(C#N)c1. The van der Waals surface area contributed by atoms with E-state index in [1.54, 1.807) is 36.2 Å². The first-order valence-corrected chi connectivity index (χ1v) is 7.91. The molecule has 25 heavy (non-hydrogen) atoms. The summed E-state index contributed by atoms with van der Waals surface area (Å²) in [6.07, 6.45) is 0. The molecule has 0 unspecified atom stereocenters. The summed E-state index contributed by atoms with van der Waals surface area (Å²) in [5, 5.41) is 8.88. The van der Waals surface area contributed by atoms with Crippen molar-refractivity contribution in [2.45, 2.75) is 6.54 Å². The Hall–Kier alpha value is -3.20. The molecule has 0 atom stereocenters. The smallest absolute Gasteiger partial charge is 0.260 e. The number of ether oxygens (including phenoxy) is 3. The molecule has 1 aliphatic heterocycles. The van der Waals surface area contributed by atoms with Crippen molar-refractivity contribution in [3.8, 4) is 23.3 Å². The number of fused-ring (bicyclic) bond motifs is 1. The van der Waals surface area contributed by atoms with Crippen LogP contribution >= 0.6 is 0 Å². The molecule has 0 N–H and O–H groups in total. The average molecular weight is 338 g/mol. The van der Waals surface area contributed by atoms with Crippen LogP contribution in [0.4, 0.5) is 0 Å². The second-order valence-electron chi connectivity index (χ2n) is 5.66. The van der Waals surface area contributed by atoms with Gasteiger partial charge in [-0.25, -0.2) is 0 Å². The second-order valence-corrected chi connectivity index (χ2v) is 5.66. The van der Waals surface area contributed by atoms with Crippen LogP contribution in [0.15, 0.2) is 42.5 Å². The fraction of sp³-hybridized carbons (Fsp3) is 0.263. The van der Waals surface area contributed by atoms with Crippen LogP contribution in [0.5, 0.6) is 17.2 Å². The minimum Gasteiger partial charge on any atom is -0.486 e. The van der Waals surface area contributed by atoms with Crippen LogP contribution in [0.1, 0.15) is 11.1 Å². The van der Waals surface area contributed by atoms with Crippen molar-refractivity contribution in [3.05, 3.63) is 53.6 Å². The number of rotatable bonds is 5. The Morgan fingerprint density at radius 1 is 1.20 bits per heavy atom. The summed E-state index contributed by atoms with van der Waals surface area (Å²) in [7, 11) is 1.72. The van der Waals surface area contributed by atoms with Crippen LogP contribution in [0.25, 0.3) is 0 Å². The van der Waals surface area contributed by atoms with E-state index in [0.29, 0.717) is 36.8 Å². The van der Waals surface area contributed by atoms with Gasteiger partial charge in [0.2, 0.25) is 0 Å². The third-order valence-corrected chi connectivity index (χ3v) is 3.78. The average Bonchev–Trinajstić information content (AvgIpc) is 2.66. The Morgan fingerprint density at radius 3 is 2.80 bits per heavy atom. The summed E-state index contributed by atoms with van der Waals surface area (Å²) >= 11 is 0. The zero-order chi connectivity index (χ0) is 17.6. The van der Waals surface area contributed by atoms with E-state index in [-0.39, 0.29) is 12.5 Å². The van der Waals surface area contributed by atoms with Crippen molar-refractivity contribution < 1.29 is 19.0 Å². The molecule has 2 aromatic carbocycles. The third-order valence-electron chi connectivity index (χ3n) is 3.78. The van der Waals surface area contributed by atoms with Crippen molar-refractivity contribution in [2.75, 3.05) is 26.9 Å². The normalized spacial score (nSPS) is 12.2. The van der Waals surface area contributed by atoms with Gasteiger partial charge in [0.25, 0.3) is 5.91 Å². The van der Waals surface area contributed by atoms with E-state index in [2.05, 4.69) is 0 Å². The lowest BCUT2D eigenvalue weighted by Crippen LogP contribution is -2.31. The van der Waals surface area contributed by atoms with Crippen molar-refractivity contribution >= 4 is 5.91 Å². The van der Waals surface area contributed by atoms with E-state index in [1.165, 1.54) is 0 Å². The van der Waals surface area contributed by atoms with Crippen LogP contribution in [0, 0.1) is 11.3 Å². The Kier molecular flexibility index (Phi) is 5.05. The predicted molar refractivity (Wildman–Crippen MR) is 90.6 cm³/mol. The molecule has 128 valence electrons. The van der Waals surface area contributed by atoms with Crippen LogP contribution < -0.4 is 14.2 Å². The fourth-order valence-electron chi connectivity index (χ4n) is 2.46. The van der Waals surface area contributed by atoms with E-state index in [9.17, 15) is 4.79 Å². The molecule has 0 aromatic heterocycles. The number of amides is 1. The van der Waals surface area contributed by atoms with Crippen LogP contribution in [-0.4, -0.2) is 37.7 Å². The Labute approximate surface area is 146 Å². The number of nitriles is 1. The van der Waals surface area contributed by atoms with Crippen molar-refractivity contribution in [2.24, 2.45) is 0 Å². The first-order valence-electron chi connectivity index (χ1n) is 7.91. The molecule has 0 spiro atoms. The van der Waals surface area contributed by atoms with Gasteiger partial charge >= 0.3 is 0 Å². The van der Waals surface area contributed by atoms with Gasteiger partial charge in [-0.3, -0.25) is 4.79 Å². The number of likely N-dealkylation sites (N-methyl/N-ethyl adjacent to an activating group) is 1. The molecule has 1 heterocycles. The lowest BCUT2D eigenvalue weighted by molar-refractivity contribution is -0.132. The number of hydrogen-bond donors (Lipinski definition) is 0. The number of benzene rings is 2. The summed E-state index contributed by atoms with van der Waals surface area (Å²) in [6, 6.07) is 14.4. The molecule has 0 fully saturated rings. The van der Waals surface area contributed by atoms with E-state index in [1.807, 2.05) is 24.3 Å². The molecule has 0 aliphatic carbocycles. The second kappa shape index (κ2) is 7.58. The molecule has 2 aromatic rings. The van der Waals surface area contributed by atoms with Crippen LogP contribution in [-0.2, 0) is 11.3 Å². The minimum absolute atomic E-state index is 0.0874. The molecule has 6 heteroatoms. The van der Waals surface area contributed by atoms with E-state index in [0.717, 1.165) is 11.3 Å². The van der Waals surface area contributed by atoms with Gasteiger partial charge in [-0.05, 0) is 35.9 Å². The van der Waals surface area contributed by atoms with E-state index in [4.69, 9.17) is 19.5 Å². The van der Waals surface area contributed by atoms with Crippen LogP contribution in [0.3, 0.4) is 0 Å². The van der Waals surface area contributed by atoms with Gasteiger partial charge in [0.05, 0.1) is 11.6 Å². The highest BCUT2D eigenvalue weighted by Crippen LogP contribution is 2.31. The quantitative estimate of drug-likeness (QED) is 0.837. The van der Waals surface area contributed by atoms with E-state index >= 15 is 0 Å². The highest BCUT2D eigenvalue weighted by molar-refractivity contribution is 5.77. The van der Waals surface area contributed by atoms with Crippen molar-refractivity contribution in [1.29, 1.82) is 5.26 Å². The van der Waals surface area contributed by atoms with Gasteiger partial charge in [0.1, 0.15) is 19.0 Å². The first-order chi connectivity index (χ1) is 12.2. The Morgan fingerprint density at radius 2 is 2.00 bits per heavy atom. The van der Waals surface area contributed by atoms with E-state index < -0.39 is 0 Å². The first kappa shape index (κ1) is 16.7. The maximum Gasteiger partial charge on any atom is 0.260 e. The number of carbonyl (C=O) groups is 1. The zero-order valence-electron chi connectivity index (χ0n) is 13.9. The molecule has 0 saturated heterocycles. The standard InChI is InChI=1S/C19H18N2O4/c1-21(12-15-5-6-17-18(10-15)24-8-7-23-17)19(22)13-25-16-4-2-3-14(9-16)11-20/h2-6,9-10H,7-8,12-13H2,1H3. The molecule has 1 aliphatic rings. The largest absolute Gasteiger partial charge is 0.486 e. The molecule has 0 bridgehead atoms. The lowest BCUT2D eigenvalue weighted by atomic mass is 10.2. The molecule has 3 rings (SSSR count). The summed E-state index contributed by atoms with van der Waals surface area (Å²) in [4.78, 5) is 13.8. The van der Waals surface area contributed by atoms with Gasteiger partial charge < -0.3 is 19.1 Å². The molecule has 0 saturated carbocycles. The van der Waals surface area contributed by atoms with Gasteiger partial charge in [0, 0.05) is 13.6 Å².